The highest BCUT2D eigenvalue weighted by atomic mass is 127. The quantitative estimate of drug-likeness (QED) is 0.493. The van der Waals surface area contributed by atoms with Crippen molar-refractivity contribution in [1.29, 1.82) is 0 Å². The first-order valence-corrected chi connectivity index (χ1v) is 5.13. The van der Waals surface area contributed by atoms with Crippen molar-refractivity contribution in [3.63, 3.8) is 0 Å². The fourth-order valence-electron chi connectivity index (χ4n) is 1.08. The summed E-state index contributed by atoms with van der Waals surface area (Å²) in [4.78, 5) is 18.7. The Labute approximate surface area is 100 Å². The topological polar surface area (TPSA) is 82.8 Å². The zero-order chi connectivity index (χ0) is 11.4. The van der Waals surface area contributed by atoms with Gasteiger partial charge in [0.2, 0.25) is 0 Å². The van der Waals surface area contributed by atoms with Crippen molar-refractivity contribution in [1.82, 2.24) is 4.98 Å². The third-order valence-electron chi connectivity index (χ3n) is 1.72. The first-order chi connectivity index (χ1) is 7.10. The molecular formula is C9H9IN2O3. The molecule has 1 heterocycles. The molecule has 0 radical (unpaired) electrons. The number of aromatic nitrogens is 1. The minimum atomic E-state index is -1.06. The molecule has 0 unspecified atom stereocenters. The number of pyridine rings is 1. The van der Waals surface area contributed by atoms with Gasteiger partial charge in [-0.1, -0.05) is 0 Å². The number of halogens is 1. The molecule has 1 aromatic rings. The lowest BCUT2D eigenvalue weighted by Gasteiger charge is -2.05. The van der Waals surface area contributed by atoms with Crippen molar-refractivity contribution in [3.05, 3.63) is 26.6 Å². The number of aromatic carboxylic acids is 1. The van der Waals surface area contributed by atoms with Gasteiger partial charge >= 0.3 is 5.97 Å². The van der Waals surface area contributed by atoms with Gasteiger partial charge in [0.15, 0.2) is 0 Å². The Balaban J connectivity index is 3.42. The highest BCUT2D eigenvalue weighted by Crippen LogP contribution is 2.15. The van der Waals surface area contributed by atoms with Crippen LogP contribution in [0.25, 0.3) is 0 Å². The molecule has 1 rings (SSSR count). The second kappa shape index (κ2) is 5.17. The van der Waals surface area contributed by atoms with Crippen LogP contribution < -0.4 is 0 Å². The van der Waals surface area contributed by atoms with Crippen LogP contribution in [0.3, 0.4) is 0 Å². The average molecular weight is 320 g/mol. The first-order valence-electron chi connectivity index (χ1n) is 4.06. The third kappa shape index (κ3) is 2.72. The average Bonchev–Trinajstić information content (AvgIpc) is 2.20. The number of aliphatic hydroxyl groups is 1. The molecule has 6 heteroatoms. The molecule has 15 heavy (non-hydrogen) atoms. The Kier molecular flexibility index (Phi) is 4.15. The number of rotatable bonds is 3. The van der Waals surface area contributed by atoms with E-state index < -0.39 is 5.97 Å². The number of aliphatic imine (C=N–C) groups is 1. The van der Waals surface area contributed by atoms with Crippen LogP contribution in [-0.4, -0.2) is 34.4 Å². The molecule has 80 valence electrons. The molecule has 0 aromatic carbocycles. The number of nitrogens with zero attached hydrogens (tertiary/aromatic N) is 2. The van der Waals surface area contributed by atoms with E-state index in [1.807, 2.05) is 22.6 Å². The van der Waals surface area contributed by atoms with Gasteiger partial charge in [-0.3, -0.25) is 4.99 Å². The highest BCUT2D eigenvalue weighted by Gasteiger charge is 2.14. The highest BCUT2D eigenvalue weighted by molar-refractivity contribution is 14.1. The SMILES string of the molecule is C/N=C\c1c(C(=O)O)cc(CO)nc1I. The van der Waals surface area contributed by atoms with Gasteiger partial charge in [0.25, 0.3) is 0 Å². The minimum Gasteiger partial charge on any atom is -0.478 e. The summed E-state index contributed by atoms with van der Waals surface area (Å²) in [6.45, 7) is -0.278. The summed E-state index contributed by atoms with van der Waals surface area (Å²) in [5, 5.41) is 17.9. The molecule has 0 spiro atoms. The lowest BCUT2D eigenvalue weighted by atomic mass is 10.1. The zero-order valence-corrected chi connectivity index (χ0v) is 10.1. The van der Waals surface area contributed by atoms with Crippen LogP contribution in [0.5, 0.6) is 0 Å². The van der Waals surface area contributed by atoms with E-state index in [1.54, 1.807) is 7.05 Å². The van der Waals surface area contributed by atoms with Gasteiger partial charge in [-0.05, 0) is 28.7 Å². The Bertz CT molecular complexity index is 418. The summed E-state index contributed by atoms with van der Waals surface area (Å²) in [6, 6.07) is 1.35. The second-order valence-corrected chi connectivity index (χ2v) is 3.74. The van der Waals surface area contributed by atoms with Crippen LogP contribution in [0.4, 0.5) is 0 Å². The van der Waals surface area contributed by atoms with Gasteiger partial charge in [0.05, 0.1) is 17.9 Å². The number of carboxylic acids is 1. The standard InChI is InChI=1S/C9H9IN2O3/c1-11-3-7-6(9(14)15)2-5(4-13)12-8(7)10/h2-3,13H,4H2,1H3,(H,14,15)/b11-3-. The summed E-state index contributed by atoms with van der Waals surface area (Å²) in [7, 11) is 1.56. The van der Waals surface area contributed by atoms with Gasteiger partial charge in [-0.25, -0.2) is 9.78 Å². The van der Waals surface area contributed by atoms with Crippen LogP contribution in [0.15, 0.2) is 11.1 Å². The minimum absolute atomic E-state index is 0.101. The van der Waals surface area contributed by atoms with Gasteiger partial charge in [-0.2, -0.15) is 0 Å². The fraction of sp³-hybridized carbons (Fsp3) is 0.222. The number of carboxylic acid groups (broad SMARTS) is 1. The smallest absolute Gasteiger partial charge is 0.336 e. The summed E-state index contributed by atoms with van der Waals surface area (Å²) >= 11 is 1.91. The van der Waals surface area contributed by atoms with E-state index in [9.17, 15) is 4.79 Å². The summed E-state index contributed by atoms with van der Waals surface area (Å²) in [6.07, 6.45) is 1.44. The molecule has 0 aliphatic heterocycles. The fourth-order valence-corrected chi connectivity index (χ4v) is 1.82. The predicted octanol–water partition coefficient (Wildman–Crippen LogP) is 0.925. The normalized spacial score (nSPS) is 10.9. The molecule has 0 bridgehead atoms. The number of aliphatic hydroxyl groups excluding tert-OH is 1. The van der Waals surface area contributed by atoms with Gasteiger partial charge in [0, 0.05) is 18.8 Å². The molecule has 0 saturated heterocycles. The maximum absolute atomic E-state index is 10.9. The van der Waals surface area contributed by atoms with Crippen molar-refractivity contribution < 1.29 is 15.0 Å². The van der Waals surface area contributed by atoms with E-state index in [4.69, 9.17) is 10.2 Å². The molecule has 1 aromatic heterocycles. The lowest BCUT2D eigenvalue weighted by Crippen LogP contribution is -2.08. The Morgan fingerprint density at radius 1 is 1.73 bits per heavy atom. The number of hydrogen-bond acceptors (Lipinski definition) is 4. The van der Waals surface area contributed by atoms with Crippen LogP contribution >= 0.6 is 22.6 Å². The van der Waals surface area contributed by atoms with E-state index in [0.29, 0.717) is 15.0 Å². The van der Waals surface area contributed by atoms with E-state index in [0.717, 1.165) is 0 Å². The van der Waals surface area contributed by atoms with Crippen LogP contribution in [0, 0.1) is 3.70 Å². The molecular weight excluding hydrogens is 311 g/mol. The van der Waals surface area contributed by atoms with Crippen molar-refractivity contribution in [2.24, 2.45) is 4.99 Å². The lowest BCUT2D eigenvalue weighted by molar-refractivity contribution is 0.0696. The van der Waals surface area contributed by atoms with E-state index in [2.05, 4.69) is 9.98 Å². The van der Waals surface area contributed by atoms with Gasteiger partial charge in [-0.15, -0.1) is 0 Å². The van der Waals surface area contributed by atoms with Crippen molar-refractivity contribution in [3.8, 4) is 0 Å². The second-order valence-electron chi connectivity index (χ2n) is 2.72. The Hall–Kier alpha value is -1.02. The van der Waals surface area contributed by atoms with Crippen molar-refractivity contribution in [2.45, 2.75) is 6.61 Å². The summed E-state index contributed by atoms with van der Waals surface area (Å²) < 4.78 is 0.516. The summed E-state index contributed by atoms with van der Waals surface area (Å²) in [5.74, 6) is -1.06. The van der Waals surface area contributed by atoms with Crippen LogP contribution in [0.1, 0.15) is 21.6 Å². The van der Waals surface area contributed by atoms with Crippen LogP contribution in [-0.2, 0) is 6.61 Å². The monoisotopic (exact) mass is 320 g/mol. The van der Waals surface area contributed by atoms with E-state index in [1.165, 1.54) is 12.3 Å². The number of hydrogen-bond donors (Lipinski definition) is 2. The molecule has 0 aliphatic carbocycles. The molecule has 0 fully saturated rings. The van der Waals surface area contributed by atoms with Gasteiger partial charge in [0.1, 0.15) is 3.70 Å². The van der Waals surface area contributed by atoms with Gasteiger partial charge < -0.3 is 10.2 Å². The Morgan fingerprint density at radius 3 is 2.87 bits per heavy atom. The maximum Gasteiger partial charge on any atom is 0.336 e. The van der Waals surface area contributed by atoms with Crippen molar-refractivity contribution in [2.75, 3.05) is 7.05 Å². The first kappa shape index (κ1) is 12.1. The Morgan fingerprint density at radius 2 is 2.40 bits per heavy atom. The zero-order valence-electron chi connectivity index (χ0n) is 7.94. The maximum atomic E-state index is 10.9. The molecule has 0 saturated carbocycles. The van der Waals surface area contributed by atoms with E-state index in [-0.39, 0.29) is 12.2 Å². The molecule has 5 nitrogen and oxygen atoms in total. The molecule has 2 N–H and O–H groups in total. The van der Waals surface area contributed by atoms with E-state index >= 15 is 0 Å². The molecule has 0 aliphatic rings. The predicted molar refractivity (Wildman–Crippen MR) is 63.4 cm³/mol. The largest absolute Gasteiger partial charge is 0.478 e. The molecule has 0 atom stereocenters. The number of carbonyl (C=O) groups is 1. The molecule has 0 amide bonds. The van der Waals surface area contributed by atoms with Crippen LogP contribution in [0.2, 0.25) is 0 Å². The third-order valence-corrected chi connectivity index (χ3v) is 2.54. The van der Waals surface area contributed by atoms with Crippen molar-refractivity contribution >= 4 is 34.8 Å². The summed E-state index contributed by atoms with van der Waals surface area (Å²) in [5.41, 5.74) is 0.900.